The molecule has 0 radical (unpaired) electrons. The van der Waals surface area contributed by atoms with Crippen LogP contribution in [0.3, 0.4) is 0 Å². The van der Waals surface area contributed by atoms with E-state index in [1.165, 1.54) is 18.5 Å². The Labute approximate surface area is 129 Å². The molecule has 0 saturated carbocycles. The van der Waals surface area contributed by atoms with Crippen molar-refractivity contribution in [3.05, 3.63) is 60.2 Å². The summed E-state index contributed by atoms with van der Waals surface area (Å²) in [6.07, 6.45) is 3.10. The van der Waals surface area contributed by atoms with E-state index >= 15 is 0 Å². The van der Waals surface area contributed by atoms with Crippen molar-refractivity contribution in [2.45, 2.75) is 11.4 Å². The molecule has 0 amide bonds. The zero-order chi connectivity index (χ0) is 15.5. The van der Waals surface area contributed by atoms with Gasteiger partial charge >= 0.3 is 0 Å². The molecule has 0 aliphatic carbocycles. The highest BCUT2D eigenvalue weighted by molar-refractivity contribution is 7.84. The van der Waals surface area contributed by atoms with Gasteiger partial charge in [-0.15, -0.1) is 0 Å². The molecule has 1 heterocycles. The fourth-order valence-corrected chi connectivity index (χ4v) is 2.67. The average Bonchev–Trinajstić information content (AvgIpc) is 2.53. The summed E-state index contributed by atoms with van der Waals surface area (Å²) in [5.41, 5.74) is 1.72. The number of nitrogens with one attached hydrogen (secondary N) is 1. The standard InChI is InChI=1S/C16H14FN3OS/c1-22(21)13-5-2-11(3-6-13)9-18-16-14-8-12(17)4-7-15(14)19-10-20-16/h2-8,10H,9H2,1H3,(H,18,19,20). The van der Waals surface area contributed by atoms with Gasteiger partial charge in [0, 0.05) is 33.9 Å². The van der Waals surface area contributed by atoms with Gasteiger partial charge in [0.15, 0.2) is 0 Å². The molecule has 1 unspecified atom stereocenters. The van der Waals surface area contributed by atoms with E-state index in [1.54, 1.807) is 12.3 Å². The highest BCUT2D eigenvalue weighted by atomic mass is 32.2. The quantitative estimate of drug-likeness (QED) is 0.804. The van der Waals surface area contributed by atoms with Gasteiger partial charge in [0.05, 0.1) is 5.52 Å². The van der Waals surface area contributed by atoms with Crippen molar-refractivity contribution in [3.8, 4) is 0 Å². The summed E-state index contributed by atoms with van der Waals surface area (Å²) in [7, 11) is -0.981. The van der Waals surface area contributed by atoms with Crippen LogP contribution in [0.4, 0.5) is 10.2 Å². The molecular weight excluding hydrogens is 301 g/mol. The first-order chi connectivity index (χ1) is 10.6. The Morgan fingerprint density at radius 1 is 1.14 bits per heavy atom. The summed E-state index contributed by atoms with van der Waals surface area (Å²) in [5, 5.41) is 3.83. The summed E-state index contributed by atoms with van der Waals surface area (Å²) in [4.78, 5) is 9.08. The van der Waals surface area contributed by atoms with E-state index in [9.17, 15) is 8.60 Å². The van der Waals surface area contributed by atoms with Crippen molar-refractivity contribution in [3.63, 3.8) is 0 Å². The summed E-state index contributed by atoms with van der Waals surface area (Å²) < 4.78 is 24.7. The molecule has 1 aromatic heterocycles. The van der Waals surface area contributed by atoms with Crippen LogP contribution in [0, 0.1) is 5.82 Å². The second kappa shape index (κ2) is 6.19. The first-order valence-corrected chi connectivity index (χ1v) is 8.26. The monoisotopic (exact) mass is 315 g/mol. The smallest absolute Gasteiger partial charge is 0.137 e. The second-order valence-corrected chi connectivity index (χ2v) is 6.22. The third kappa shape index (κ3) is 3.12. The van der Waals surface area contributed by atoms with Gasteiger partial charge in [0.1, 0.15) is 18.0 Å². The number of hydrogen-bond acceptors (Lipinski definition) is 4. The number of nitrogens with zero attached hydrogens (tertiary/aromatic N) is 2. The third-order valence-electron chi connectivity index (χ3n) is 3.31. The first kappa shape index (κ1) is 14.6. The predicted octanol–water partition coefficient (Wildman–Crippen LogP) is 3.12. The molecule has 1 atom stereocenters. The number of rotatable bonds is 4. The van der Waals surface area contributed by atoms with Crippen LogP contribution in [0.25, 0.3) is 10.9 Å². The summed E-state index contributed by atoms with van der Waals surface area (Å²) in [5.74, 6) is 0.271. The highest BCUT2D eigenvalue weighted by Gasteiger charge is 2.05. The van der Waals surface area contributed by atoms with E-state index in [2.05, 4.69) is 15.3 Å². The molecule has 3 aromatic rings. The Bertz CT molecular complexity index is 836. The summed E-state index contributed by atoms with van der Waals surface area (Å²) in [6, 6.07) is 11.9. The lowest BCUT2D eigenvalue weighted by atomic mass is 10.2. The molecule has 0 fully saturated rings. The van der Waals surface area contributed by atoms with Gasteiger partial charge in [-0.3, -0.25) is 4.21 Å². The zero-order valence-corrected chi connectivity index (χ0v) is 12.7. The van der Waals surface area contributed by atoms with Gasteiger partial charge < -0.3 is 5.32 Å². The van der Waals surface area contributed by atoms with E-state index in [1.807, 2.05) is 24.3 Å². The van der Waals surface area contributed by atoms with E-state index in [0.717, 1.165) is 10.5 Å². The van der Waals surface area contributed by atoms with Crippen molar-refractivity contribution < 1.29 is 8.60 Å². The Kier molecular flexibility index (Phi) is 4.11. The molecule has 4 nitrogen and oxygen atoms in total. The number of fused-ring (bicyclic) bond motifs is 1. The highest BCUT2D eigenvalue weighted by Crippen LogP contribution is 2.20. The number of hydrogen-bond donors (Lipinski definition) is 1. The lowest BCUT2D eigenvalue weighted by Gasteiger charge is -2.09. The molecule has 0 spiro atoms. The SMILES string of the molecule is CS(=O)c1ccc(CNc2ncnc3ccc(F)cc23)cc1. The minimum absolute atomic E-state index is 0.319. The maximum absolute atomic E-state index is 13.4. The van der Waals surface area contributed by atoms with Crippen molar-refractivity contribution >= 4 is 27.5 Å². The molecule has 1 N–H and O–H groups in total. The fraction of sp³-hybridized carbons (Fsp3) is 0.125. The largest absolute Gasteiger partial charge is 0.365 e. The van der Waals surface area contributed by atoms with E-state index in [0.29, 0.717) is 23.3 Å². The van der Waals surface area contributed by atoms with Gasteiger partial charge in [0.2, 0.25) is 0 Å². The minimum atomic E-state index is -0.981. The van der Waals surface area contributed by atoms with Crippen LogP contribution in [-0.2, 0) is 17.3 Å². The van der Waals surface area contributed by atoms with Gasteiger partial charge in [0.25, 0.3) is 0 Å². The normalized spacial score (nSPS) is 12.3. The minimum Gasteiger partial charge on any atom is -0.365 e. The number of benzene rings is 2. The molecule has 6 heteroatoms. The lowest BCUT2D eigenvalue weighted by molar-refractivity contribution is 0.629. The van der Waals surface area contributed by atoms with Crippen molar-refractivity contribution in [2.24, 2.45) is 0 Å². The van der Waals surface area contributed by atoms with E-state index < -0.39 is 10.8 Å². The zero-order valence-electron chi connectivity index (χ0n) is 11.9. The Hall–Kier alpha value is -2.34. The number of halogens is 1. The Morgan fingerprint density at radius 2 is 1.91 bits per heavy atom. The van der Waals surface area contributed by atoms with Crippen LogP contribution in [-0.4, -0.2) is 20.4 Å². The lowest BCUT2D eigenvalue weighted by Crippen LogP contribution is -2.03. The molecule has 22 heavy (non-hydrogen) atoms. The van der Waals surface area contributed by atoms with Crippen LogP contribution in [0.5, 0.6) is 0 Å². The molecule has 0 aliphatic heterocycles. The van der Waals surface area contributed by atoms with Crippen LogP contribution in [0.1, 0.15) is 5.56 Å². The molecule has 2 aromatic carbocycles. The topological polar surface area (TPSA) is 54.9 Å². The van der Waals surface area contributed by atoms with Crippen LogP contribution >= 0.6 is 0 Å². The predicted molar refractivity (Wildman–Crippen MR) is 85.6 cm³/mol. The molecular formula is C16H14FN3OS. The maximum atomic E-state index is 13.4. The Balaban J connectivity index is 1.81. The van der Waals surface area contributed by atoms with E-state index in [4.69, 9.17) is 0 Å². The molecule has 0 bridgehead atoms. The van der Waals surface area contributed by atoms with Crippen molar-refractivity contribution in [2.75, 3.05) is 11.6 Å². The second-order valence-electron chi connectivity index (χ2n) is 4.84. The van der Waals surface area contributed by atoms with Crippen molar-refractivity contribution in [1.82, 2.24) is 9.97 Å². The van der Waals surface area contributed by atoms with Crippen molar-refractivity contribution in [1.29, 1.82) is 0 Å². The molecule has 112 valence electrons. The number of aromatic nitrogens is 2. The molecule has 0 aliphatic rings. The van der Waals surface area contributed by atoms with Gasteiger partial charge in [-0.25, -0.2) is 14.4 Å². The third-order valence-corrected chi connectivity index (χ3v) is 4.25. The van der Waals surface area contributed by atoms with Gasteiger partial charge in [-0.05, 0) is 35.9 Å². The van der Waals surface area contributed by atoms with Crippen LogP contribution in [0.2, 0.25) is 0 Å². The summed E-state index contributed by atoms with van der Waals surface area (Å²) in [6.45, 7) is 0.541. The first-order valence-electron chi connectivity index (χ1n) is 6.70. The fourth-order valence-electron chi connectivity index (χ4n) is 2.15. The molecule has 3 rings (SSSR count). The van der Waals surface area contributed by atoms with Gasteiger partial charge in [-0.1, -0.05) is 12.1 Å². The van der Waals surface area contributed by atoms with Crippen LogP contribution < -0.4 is 5.32 Å². The van der Waals surface area contributed by atoms with E-state index in [-0.39, 0.29) is 5.82 Å². The number of anilines is 1. The van der Waals surface area contributed by atoms with Crippen LogP contribution in [0.15, 0.2) is 53.7 Å². The molecule has 0 saturated heterocycles. The average molecular weight is 315 g/mol. The summed E-state index contributed by atoms with van der Waals surface area (Å²) >= 11 is 0. The maximum Gasteiger partial charge on any atom is 0.137 e. The Morgan fingerprint density at radius 3 is 2.64 bits per heavy atom. The van der Waals surface area contributed by atoms with Gasteiger partial charge in [-0.2, -0.15) is 0 Å².